The summed E-state index contributed by atoms with van der Waals surface area (Å²) in [6, 6.07) is 3.88. The molecule has 2 amide bonds. The van der Waals surface area contributed by atoms with E-state index in [2.05, 4.69) is 0 Å². The highest BCUT2D eigenvalue weighted by atomic mass is 16.7. The van der Waals surface area contributed by atoms with Crippen LogP contribution < -0.4 is 4.90 Å². The van der Waals surface area contributed by atoms with Gasteiger partial charge in [-0.2, -0.15) is 0 Å². The van der Waals surface area contributed by atoms with Crippen molar-refractivity contribution in [2.75, 3.05) is 4.90 Å². The Morgan fingerprint density at radius 2 is 1.84 bits per heavy atom. The minimum absolute atomic E-state index is 0.0877. The number of carbonyl (C=O) groups is 4. The largest absolute Gasteiger partial charge is 0.422 e. The summed E-state index contributed by atoms with van der Waals surface area (Å²) >= 11 is 0. The standard InChI is InChI=1S/C20H18N2O9/c1-9-4-5-12(22(27)28)8-13(9)21-17(25)15-14-6-7-20(31-14,16(15)18(21)26)19(29-10(2)23)30-11(3)24/h4-8,14-16,19H,1-3H3/t14-,15+,16-,20-/m1/s1. The third-order valence-electron chi connectivity index (χ3n) is 5.64. The number of nitrogens with zero attached hydrogens (tertiary/aromatic N) is 2. The summed E-state index contributed by atoms with van der Waals surface area (Å²) in [6.07, 6.45) is 0.626. The van der Waals surface area contributed by atoms with Crippen molar-refractivity contribution in [2.24, 2.45) is 11.8 Å². The molecule has 2 saturated heterocycles. The van der Waals surface area contributed by atoms with Crippen molar-refractivity contribution in [1.82, 2.24) is 0 Å². The van der Waals surface area contributed by atoms with Gasteiger partial charge in [0.1, 0.15) is 0 Å². The number of amides is 2. The summed E-state index contributed by atoms with van der Waals surface area (Å²) in [5.41, 5.74) is -1.38. The van der Waals surface area contributed by atoms with Crippen LogP contribution in [0.5, 0.6) is 0 Å². The van der Waals surface area contributed by atoms with E-state index < -0.39 is 58.5 Å². The molecule has 3 aliphatic heterocycles. The van der Waals surface area contributed by atoms with Crippen LogP contribution in [0.4, 0.5) is 11.4 Å². The average Bonchev–Trinajstić information content (AvgIpc) is 3.32. The van der Waals surface area contributed by atoms with Crippen LogP contribution in [0.1, 0.15) is 19.4 Å². The number of ether oxygens (including phenoxy) is 3. The van der Waals surface area contributed by atoms with Crippen molar-refractivity contribution in [2.45, 2.75) is 38.8 Å². The number of nitro benzene ring substituents is 1. The van der Waals surface area contributed by atoms with E-state index >= 15 is 0 Å². The molecule has 2 fully saturated rings. The minimum atomic E-state index is -1.68. The van der Waals surface area contributed by atoms with Crippen molar-refractivity contribution in [1.29, 1.82) is 0 Å². The Kier molecular flexibility index (Phi) is 4.65. The second kappa shape index (κ2) is 6.98. The Balaban J connectivity index is 1.78. The zero-order chi connectivity index (χ0) is 22.7. The Hall–Kier alpha value is -3.60. The lowest BCUT2D eigenvalue weighted by atomic mass is 9.76. The summed E-state index contributed by atoms with van der Waals surface area (Å²) in [5, 5.41) is 11.2. The molecule has 1 aromatic rings. The van der Waals surface area contributed by atoms with Crippen LogP contribution in [0.2, 0.25) is 0 Å². The predicted octanol–water partition coefficient (Wildman–Crippen LogP) is 1.17. The second-order valence-electron chi connectivity index (χ2n) is 7.59. The van der Waals surface area contributed by atoms with E-state index in [4.69, 9.17) is 14.2 Å². The van der Waals surface area contributed by atoms with Gasteiger partial charge >= 0.3 is 11.9 Å². The van der Waals surface area contributed by atoms with Gasteiger partial charge in [0.25, 0.3) is 12.0 Å². The topological polar surface area (TPSA) is 142 Å². The predicted molar refractivity (Wildman–Crippen MR) is 101 cm³/mol. The normalized spacial score (nSPS) is 28.3. The van der Waals surface area contributed by atoms with Gasteiger partial charge in [0.05, 0.1) is 28.6 Å². The molecule has 0 aliphatic carbocycles. The van der Waals surface area contributed by atoms with Crippen molar-refractivity contribution < 1.29 is 38.3 Å². The lowest BCUT2D eigenvalue weighted by molar-refractivity contribution is -0.384. The summed E-state index contributed by atoms with van der Waals surface area (Å²) in [6.45, 7) is 3.83. The third-order valence-corrected chi connectivity index (χ3v) is 5.64. The summed E-state index contributed by atoms with van der Waals surface area (Å²) < 4.78 is 16.2. The molecule has 0 N–H and O–H groups in total. The number of benzene rings is 1. The van der Waals surface area contributed by atoms with Gasteiger partial charge in [0.2, 0.25) is 11.8 Å². The number of nitro groups is 1. The van der Waals surface area contributed by atoms with Crippen LogP contribution in [0.25, 0.3) is 0 Å². The van der Waals surface area contributed by atoms with E-state index in [1.54, 1.807) is 13.0 Å². The van der Waals surface area contributed by atoms with Crippen LogP contribution in [0.3, 0.4) is 0 Å². The molecule has 11 heteroatoms. The fourth-order valence-corrected chi connectivity index (χ4v) is 4.41. The van der Waals surface area contributed by atoms with Gasteiger partial charge in [0, 0.05) is 26.0 Å². The van der Waals surface area contributed by atoms with Crippen LogP contribution >= 0.6 is 0 Å². The molecule has 11 nitrogen and oxygen atoms in total. The zero-order valence-electron chi connectivity index (χ0n) is 16.8. The molecular formula is C20H18N2O9. The number of hydrogen-bond donors (Lipinski definition) is 0. The first kappa shape index (κ1) is 20.7. The zero-order valence-corrected chi connectivity index (χ0v) is 16.8. The van der Waals surface area contributed by atoms with Gasteiger partial charge in [-0.25, -0.2) is 4.90 Å². The first-order valence-corrected chi connectivity index (χ1v) is 9.41. The molecule has 162 valence electrons. The molecule has 2 bridgehead atoms. The fraction of sp³-hybridized carbons (Fsp3) is 0.400. The summed E-state index contributed by atoms with van der Waals surface area (Å²) in [5.74, 6) is -4.92. The molecule has 0 aromatic heterocycles. The van der Waals surface area contributed by atoms with E-state index in [-0.39, 0.29) is 11.4 Å². The molecule has 4 rings (SSSR count). The molecule has 31 heavy (non-hydrogen) atoms. The van der Waals surface area contributed by atoms with Crippen molar-refractivity contribution in [3.63, 3.8) is 0 Å². The molecule has 0 spiro atoms. The Morgan fingerprint density at radius 3 is 2.42 bits per heavy atom. The molecular weight excluding hydrogens is 412 g/mol. The number of non-ortho nitro benzene ring substituents is 1. The molecule has 3 heterocycles. The Morgan fingerprint density at radius 1 is 1.19 bits per heavy atom. The number of carbonyl (C=O) groups excluding carboxylic acids is 4. The smallest absolute Gasteiger partial charge is 0.305 e. The monoisotopic (exact) mass is 430 g/mol. The number of rotatable bonds is 5. The quantitative estimate of drug-likeness (QED) is 0.168. The van der Waals surface area contributed by atoms with E-state index in [1.807, 2.05) is 0 Å². The second-order valence-corrected chi connectivity index (χ2v) is 7.59. The SMILES string of the molecule is CC(=O)OC(OC(C)=O)[C@]12C=C[C@@H](O1)[C@@H]1C(=O)N(c3cc([N+](=O)[O-])ccc3C)C(=O)[C@@H]12. The number of esters is 2. The van der Waals surface area contributed by atoms with Gasteiger partial charge in [-0.1, -0.05) is 12.1 Å². The van der Waals surface area contributed by atoms with Gasteiger partial charge in [-0.05, 0) is 18.6 Å². The Labute approximate surface area is 175 Å². The highest BCUT2D eigenvalue weighted by Gasteiger charge is 2.72. The molecule has 1 aromatic carbocycles. The third kappa shape index (κ3) is 3.00. The average molecular weight is 430 g/mol. The number of aryl methyl sites for hydroxylation is 1. The lowest BCUT2D eigenvalue weighted by Crippen LogP contribution is -2.52. The molecule has 4 atom stereocenters. The highest BCUT2D eigenvalue weighted by Crippen LogP contribution is 2.55. The maximum absolute atomic E-state index is 13.4. The minimum Gasteiger partial charge on any atom is -0.422 e. The maximum Gasteiger partial charge on any atom is 0.305 e. The molecule has 3 aliphatic rings. The summed E-state index contributed by atoms with van der Waals surface area (Å²) in [7, 11) is 0. The first-order chi connectivity index (χ1) is 14.6. The number of hydrogen-bond acceptors (Lipinski definition) is 9. The molecule has 0 saturated carbocycles. The van der Waals surface area contributed by atoms with E-state index in [9.17, 15) is 29.3 Å². The van der Waals surface area contributed by atoms with Crippen molar-refractivity contribution in [3.05, 3.63) is 46.0 Å². The van der Waals surface area contributed by atoms with Crippen LogP contribution in [-0.4, -0.2) is 46.7 Å². The number of imide groups is 1. The van der Waals surface area contributed by atoms with Crippen LogP contribution in [-0.2, 0) is 33.4 Å². The summed E-state index contributed by atoms with van der Waals surface area (Å²) in [4.78, 5) is 61.4. The van der Waals surface area contributed by atoms with Crippen LogP contribution in [0.15, 0.2) is 30.4 Å². The van der Waals surface area contributed by atoms with Gasteiger partial charge < -0.3 is 14.2 Å². The maximum atomic E-state index is 13.4. The number of fused-ring (bicyclic) bond motifs is 5. The molecule has 0 unspecified atom stereocenters. The van der Waals surface area contributed by atoms with Gasteiger partial charge in [0.15, 0.2) is 5.60 Å². The van der Waals surface area contributed by atoms with E-state index in [0.717, 1.165) is 24.8 Å². The number of anilines is 1. The fourth-order valence-electron chi connectivity index (χ4n) is 4.41. The van der Waals surface area contributed by atoms with Gasteiger partial charge in [-0.15, -0.1) is 0 Å². The van der Waals surface area contributed by atoms with Crippen molar-refractivity contribution in [3.8, 4) is 0 Å². The van der Waals surface area contributed by atoms with Crippen LogP contribution in [0, 0.1) is 28.9 Å². The molecule has 0 radical (unpaired) electrons. The Bertz CT molecular complexity index is 1050. The van der Waals surface area contributed by atoms with Crippen molar-refractivity contribution >= 4 is 35.1 Å². The van der Waals surface area contributed by atoms with E-state index in [1.165, 1.54) is 18.2 Å². The van der Waals surface area contributed by atoms with Gasteiger partial charge in [-0.3, -0.25) is 29.3 Å². The van der Waals surface area contributed by atoms with E-state index in [0.29, 0.717) is 5.56 Å². The first-order valence-electron chi connectivity index (χ1n) is 9.41. The highest BCUT2D eigenvalue weighted by molar-refractivity contribution is 6.23. The lowest BCUT2D eigenvalue weighted by Gasteiger charge is -2.34.